The fraction of sp³-hybridized carbons (Fsp3) is 0.321. The molecule has 3 N–H and O–H groups in total. The minimum Gasteiger partial charge on any atom is -0.478 e. The maximum atomic E-state index is 13.8. The van der Waals surface area contributed by atoms with Crippen molar-refractivity contribution >= 4 is 33.5 Å². The van der Waals surface area contributed by atoms with Gasteiger partial charge < -0.3 is 25.2 Å². The molecule has 0 saturated carbocycles. The quantitative estimate of drug-likeness (QED) is 0.105. The number of hydrogen-bond acceptors (Lipinski definition) is 7. The van der Waals surface area contributed by atoms with E-state index in [2.05, 4.69) is 25.3 Å². The largest absolute Gasteiger partial charge is 0.573 e. The summed E-state index contributed by atoms with van der Waals surface area (Å²) >= 11 is 0. The maximum absolute atomic E-state index is 13.8. The molecule has 0 aliphatic rings. The highest BCUT2D eigenvalue weighted by Gasteiger charge is 2.32. The molecule has 0 aliphatic carbocycles. The van der Waals surface area contributed by atoms with Gasteiger partial charge >= 0.3 is 12.3 Å². The Hall–Kier alpha value is -4.03. The lowest BCUT2D eigenvalue weighted by atomic mass is 10.1. The summed E-state index contributed by atoms with van der Waals surface area (Å²) in [5, 5.41) is 18.4. The number of aromatic nitrogens is 2. The summed E-state index contributed by atoms with van der Waals surface area (Å²) < 4.78 is 59.9. The third-order valence-corrected chi connectivity index (χ3v) is 6.04. The normalized spacial score (nSPS) is 12.5. The van der Waals surface area contributed by atoms with Crippen molar-refractivity contribution in [3.05, 3.63) is 71.8 Å². The van der Waals surface area contributed by atoms with Gasteiger partial charge in [0.15, 0.2) is 11.6 Å². The fourth-order valence-electron chi connectivity index (χ4n) is 4.17. The first kappa shape index (κ1) is 29.0. The zero-order valence-corrected chi connectivity index (χ0v) is 21.6. The molecule has 4 aromatic rings. The number of nitrogens with one attached hydrogen (secondary N) is 2. The Morgan fingerprint density at radius 1 is 1.07 bits per heavy atom. The molecule has 8 nitrogen and oxygen atoms in total. The SMILES string of the molecule is CC(COCCCCNCc1ccc(OC(F)(F)F)c(F)c1)Nc1nc2cc(C(=O)O)ccc2c2cnccc12. The summed E-state index contributed by atoms with van der Waals surface area (Å²) in [6.45, 7) is 3.82. The van der Waals surface area contributed by atoms with E-state index in [-0.39, 0.29) is 11.6 Å². The van der Waals surface area contributed by atoms with Gasteiger partial charge in [-0.05, 0) is 62.2 Å². The van der Waals surface area contributed by atoms with Crippen LogP contribution in [-0.4, -0.2) is 53.2 Å². The second-order valence-electron chi connectivity index (χ2n) is 9.24. The van der Waals surface area contributed by atoms with Crippen LogP contribution in [0.25, 0.3) is 21.7 Å². The lowest BCUT2D eigenvalue weighted by Crippen LogP contribution is -2.23. The molecule has 2 aromatic carbocycles. The molecule has 0 aliphatic heterocycles. The van der Waals surface area contributed by atoms with Crippen LogP contribution < -0.4 is 15.4 Å². The number of nitrogens with zero attached hydrogens (tertiary/aromatic N) is 2. The van der Waals surface area contributed by atoms with Gasteiger partial charge in [0.1, 0.15) is 5.82 Å². The lowest BCUT2D eigenvalue weighted by Gasteiger charge is -2.17. The van der Waals surface area contributed by atoms with Crippen molar-refractivity contribution in [1.82, 2.24) is 15.3 Å². The number of benzene rings is 2. The number of carboxylic acids is 1. The van der Waals surface area contributed by atoms with E-state index < -0.39 is 23.9 Å². The van der Waals surface area contributed by atoms with E-state index in [1.54, 1.807) is 30.6 Å². The number of unbranched alkanes of at least 4 members (excludes halogenated alkanes) is 1. The van der Waals surface area contributed by atoms with Gasteiger partial charge in [-0.2, -0.15) is 0 Å². The summed E-state index contributed by atoms with van der Waals surface area (Å²) in [6, 6.07) is 9.96. The van der Waals surface area contributed by atoms with Crippen molar-refractivity contribution in [2.24, 2.45) is 0 Å². The van der Waals surface area contributed by atoms with Crippen molar-refractivity contribution in [3.8, 4) is 5.75 Å². The molecule has 0 bridgehead atoms. The number of fused-ring (bicyclic) bond motifs is 3. The van der Waals surface area contributed by atoms with E-state index in [0.717, 1.165) is 41.1 Å². The third kappa shape index (κ3) is 7.76. The molecule has 1 unspecified atom stereocenters. The van der Waals surface area contributed by atoms with Crippen LogP contribution >= 0.6 is 0 Å². The van der Waals surface area contributed by atoms with Crippen LogP contribution in [0.2, 0.25) is 0 Å². The Labute approximate surface area is 227 Å². The van der Waals surface area contributed by atoms with E-state index >= 15 is 0 Å². The monoisotopic (exact) mass is 560 g/mol. The number of anilines is 1. The standard InChI is InChI=1S/C28H28F4N4O4/c1-17(16-39-11-3-2-9-33-14-18-4-7-25(23(29)12-18)40-28(30,31)32)35-26-21-8-10-34-15-22(21)20-6-5-19(27(37)38)13-24(20)36-26/h4-8,10,12-13,15,17,33H,2-3,9,11,14,16H2,1H3,(H,35,36)(H,37,38). The van der Waals surface area contributed by atoms with E-state index in [9.17, 15) is 27.5 Å². The van der Waals surface area contributed by atoms with Crippen LogP contribution in [0.15, 0.2) is 54.9 Å². The number of pyridine rings is 2. The van der Waals surface area contributed by atoms with Crippen molar-refractivity contribution in [1.29, 1.82) is 0 Å². The van der Waals surface area contributed by atoms with E-state index in [0.29, 0.717) is 43.2 Å². The molecule has 2 heterocycles. The molecule has 0 saturated heterocycles. The summed E-state index contributed by atoms with van der Waals surface area (Å²) in [4.78, 5) is 20.3. The van der Waals surface area contributed by atoms with Crippen LogP contribution in [0.3, 0.4) is 0 Å². The first-order valence-corrected chi connectivity index (χ1v) is 12.6. The number of halogens is 4. The van der Waals surface area contributed by atoms with Gasteiger partial charge in [0.25, 0.3) is 0 Å². The van der Waals surface area contributed by atoms with E-state index in [1.165, 1.54) is 6.07 Å². The predicted molar refractivity (Wildman–Crippen MR) is 142 cm³/mol. The van der Waals surface area contributed by atoms with Gasteiger partial charge in [-0.15, -0.1) is 13.2 Å². The second kappa shape index (κ2) is 12.9. The predicted octanol–water partition coefficient (Wildman–Crippen LogP) is 5.91. The van der Waals surface area contributed by atoms with Gasteiger partial charge in [0.2, 0.25) is 0 Å². The number of ether oxygens (including phenoxy) is 2. The van der Waals surface area contributed by atoms with E-state index in [1.807, 2.05) is 13.0 Å². The second-order valence-corrected chi connectivity index (χ2v) is 9.24. The van der Waals surface area contributed by atoms with Crippen LogP contribution in [0, 0.1) is 5.82 Å². The zero-order chi connectivity index (χ0) is 28.7. The fourth-order valence-corrected chi connectivity index (χ4v) is 4.17. The molecule has 0 spiro atoms. The minimum absolute atomic E-state index is 0.0821. The van der Waals surface area contributed by atoms with Gasteiger partial charge in [0, 0.05) is 47.7 Å². The number of rotatable bonds is 13. The molecular weight excluding hydrogens is 532 g/mol. The van der Waals surface area contributed by atoms with Crippen LogP contribution in [0.1, 0.15) is 35.7 Å². The molecule has 12 heteroatoms. The molecule has 0 fully saturated rings. The van der Waals surface area contributed by atoms with Gasteiger partial charge in [-0.1, -0.05) is 12.1 Å². The van der Waals surface area contributed by atoms with Crippen LogP contribution in [0.4, 0.5) is 23.4 Å². The summed E-state index contributed by atoms with van der Waals surface area (Å²) in [5.41, 5.74) is 1.21. The molecule has 4 rings (SSSR count). The zero-order valence-electron chi connectivity index (χ0n) is 21.6. The van der Waals surface area contributed by atoms with Crippen LogP contribution in [0.5, 0.6) is 5.75 Å². The molecule has 1 atom stereocenters. The van der Waals surface area contributed by atoms with Gasteiger partial charge in [-0.3, -0.25) is 4.98 Å². The van der Waals surface area contributed by atoms with Gasteiger partial charge in [0.05, 0.1) is 17.7 Å². The molecule has 212 valence electrons. The maximum Gasteiger partial charge on any atom is 0.573 e. The number of carbonyl (C=O) groups is 1. The first-order chi connectivity index (χ1) is 19.1. The molecule has 2 aromatic heterocycles. The van der Waals surface area contributed by atoms with Crippen molar-refractivity contribution in [2.75, 3.05) is 25.1 Å². The van der Waals surface area contributed by atoms with Crippen molar-refractivity contribution in [2.45, 2.75) is 38.7 Å². The number of hydrogen-bond donors (Lipinski definition) is 3. The minimum atomic E-state index is -4.94. The van der Waals surface area contributed by atoms with E-state index in [4.69, 9.17) is 4.74 Å². The Morgan fingerprint density at radius 3 is 2.65 bits per heavy atom. The Balaban J connectivity index is 1.20. The van der Waals surface area contributed by atoms with Crippen LogP contribution in [-0.2, 0) is 11.3 Å². The lowest BCUT2D eigenvalue weighted by molar-refractivity contribution is -0.275. The Morgan fingerprint density at radius 2 is 1.90 bits per heavy atom. The number of carboxylic acid groups (broad SMARTS) is 1. The summed E-state index contributed by atoms with van der Waals surface area (Å²) in [5.74, 6) is -2.33. The highest BCUT2D eigenvalue weighted by Crippen LogP contribution is 2.30. The smallest absolute Gasteiger partial charge is 0.478 e. The molecular formula is C28H28F4N4O4. The topological polar surface area (TPSA) is 106 Å². The summed E-state index contributed by atoms with van der Waals surface area (Å²) in [6.07, 6.45) is 0.0240. The Kier molecular flexibility index (Phi) is 9.33. The van der Waals surface area contributed by atoms with Gasteiger partial charge in [-0.25, -0.2) is 14.2 Å². The average Bonchev–Trinajstić information content (AvgIpc) is 2.90. The molecule has 0 amide bonds. The van der Waals surface area contributed by atoms with Crippen molar-refractivity contribution in [3.63, 3.8) is 0 Å². The number of aromatic carboxylic acids is 1. The highest BCUT2D eigenvalue weighted by molar-refractivity contribution is 6.10. The average molecular weight is 561 g/mol. The summed E-state index contributed by atoms with van der Waals surface area (Å²) in [7, 11) is 0. The highest BCUT2D eigenvalue weighted by atomic mass is 19.4. The third-order valence-electron chi connectivity index (χ3n) is 6.04. The Bertz CT molecular complexity index is 1480. The van der Waals surface area contributed by atoms with Crippen molar-refractivity contribution < 1.29 is 36.9 Å². The number of alkyl halides is 3. The molecule has 40 heavy (non-hydrogen) atoms. The first-order valence-electron chi connectivity index (χ1n) is 12.6. The molecule has 0 radical (unpaired) electrons.